The van der Waals surface area contributed by atoms with Gasteiger partial charge < -0.3 is 14.9 Å². The summed E-state index contributed by atoms with van der Waals surface area (Å²) in [6, 6.07) is 13.6. The topological polar surface area (TPSA) is 73.0 Å². The van der Waals surface area contributed by atoms with Gasteiger partial charge >= 0.3 is 0 Å². The van der Waals surface area contributed by atoms with E-state index in [1.807, 2.05) is 0 Å². The van der Waals surface area contributed by atoms with Crippen molar-refractivity contribution in [3.05, 3.63) is 69.8 Å². The van der Waals surface area contributed by atoms with Gasteiger partial charge in [0.15, 0.2) is 0 Å². The molecule has 0 bridgehead atoms. The first-order valence-corrected chi connectivity index (χ1v) is 6.99. The van der Waals surface area contributed by atoms with Gasteiger partial charge in [0.2, 0.25) is 5.78 Å². The monoisotopic (exact) mass is 342 g/mol. The molecule has 2 aromatic carbocycles. The van der Waals surface area contributed by atoms with Crippen LogP contribution in [0.25, 0.3) is 10.9 Å². The van der Waals surface area contributed by atoms with Gasteiger partial charge in [-0.25, -0.2) is 0 Å². The highest BCUT2D eigenvalue weighted by atomic mass is 79.9. The summed E-state index contributed by atoms with van der Waals surface area (Å²) in [6.45, 7) is 0. The fourth-order valence-electron chi connectivity index (χ4n) is 2.27. The van der Waals surface area contributed by atoms with Crippen LogP contribution in [0.5, 0.6) is 0 Å². The second-order valence-electron chi connectivity index (χ2n) is 4.54. The number of halogens is 1. The van der Waals surface area contributed by atoms with E-state index in [0.29, 0.717) is 16.5 Å². The maximum absolute atomic E-state index is 12.5. The number of aromatic carboxylic acids is 1. The third kappa shape index (κ3) is 2.36. The number of aromatic nitrogens is 1. The molecule has 1 heterocycles. The molecule has 0 aliphatic rings. The van der Waals surface area contributed by atoms with Gasteiger partial charge in [-0.3, -0.25) is 4.79 Å². The van der Waals surface area contributed by atoms with Crippen LogP contribution < -0.4 is 5.11 Å². The van der Waals surface area contributed by atoms with Crippen molar-refractivity contribution in [2.24, 2.45) is 0 Å². The second-order valence-corrected chi connectivity index (χ2v) is 5.46. The molecule has 0 saturated heterocycles. The summed E-state index contributed by atoms with van der Waals surface area (Å²) in [4.78, 5) is 26.8. The van der Waals surface area contributed by atoms with Crippen molar-refractivity contribution in [3.8, 4) is 0 Å². The van der Waals surface area contributed by atoms with E-state index in [9.17, 15) is 14.7 Å². The summed E-state index contributed by atoms with van der Waals surface area (Å²) in [5.74, 6) is -1.74. The number of fused-ring (bicyclic) bond motifs is 1. The first-order chi connectivity index (χ1) is 10.1. The Morgan fingerprint density at radius 1 is 1.00 bits per heavy atom. The van der Waals surface area contributed by atoms with Gasteiger partial charge in [0.05, 0.1) is 11.7 Å². The van der Waals surface area contributed by atoms with E-state index in [1.54, 1.807) is 48.5 Å². The maximum atomic E-state index is 12.5. The van der Waals surface area contributed by atoms with Gasteiger partial charge in [0.25, 0.3) is 0 Å². The molecule has 0 amide bonds. The highest BCUT2D eigenvalue weighted by Crippen LogP contribution is 2.24. The molecule has 0 atom stereocenters. The van der Waals surface area contributed by atoms with Crippen molar-refractivity contribution in [3.63, 3.8) is 0 Å². The minimum atomic E-state index is -1.37. The summed E-state index contributed by atoms with van der Waals surface area (Å²) < 4.78 is 0.843. The molecule has 104 valence electrons. The zero-order valence-corrected chi connectivity index (χ0v) is 12.3. The molecule has 0 radical (unpaired) electrons. The number of benzene rings is 2. The lowest BCUT2D eigenvalue weighted by Gasteiger charge is -2.05. The van der Waals surface area contributed by atoms with E-state index in [4.69, 9.17) is 0 Å². The van der Waals surface area contributed by atoms with E-state index >= 15 is 0 Å². The third-order valence-corrected chi connectivity index (χ3v) is 3.77. The Morgan fingerprint density at radius 2 is 1.67 bits per heavy atom. The number of carboxylic acids is 1. The molecule has 5 heteroatoms. The van der Waals surface area contributed by atoms with Gasteiger partial charge in [-0.05, 0) is 30.3 Å². The van der Waals surface area contributed by atoms with Crippen molar-refractivity contribution >= 4 is 38.6 Å². The molecule has 0 unspecified atom stereocenters. The lowest BCUT2D eigenvalue weighted by atomic mass is 10.0. The fraction of sp³-hybridized carbons (Fsp3) is 0. The number of ketones is 1. The maximum Gasteiger partial charge on any atom is 0.209 e. The van der Waals surface area contributed by atoms with Gasteiger partial charge in [-0.15, -0.1) is 0 Å². The van der Waals surface area contributed by atoms with Crippen LogP contribution in [0, 0.1) is 0 Å². The fourth-order valence-corrected chi connectivity index (χ4v) is 2.53. The number of hydrogen-bond acceptors (Lipinski definition) is 3. The average Bonchev–Trinajstić information content (AvgIpc) is 2.86. The molecule has 0 spiro atoms. The van der Waals surface area contributed by atoms with Crippen molar-refractivity contribution in [1.29, 1.82) is 0 Å². The van der Waals surface area contributed by atoms with Crippen LogP contribution in [0.4, 0.5) is 0 Å². The largest absolute Gasteiger partial charge is 0.545 e. The van der Waals surface area contributed by atoms with Gasteiger partial charge in [-0.2, -0.15) is 0 Å². The number of carbonyl (C=O) groups is 2. The lowest BCUT2D eigenvalue weighted by molar-refractivity contribution is -0.254. The molecule has 21 heavy (non-hydrogen) atoms. The van der Waals surface area contributed by atoms with E-state index < -0.39 is 5.97 Å². The zero-order valence-electron chi connectivity index (χ0n) is 10.7. The van der Waals surface area contributed by atoms with E-state index in [1.165, 1.54) is 0 Å². The molecule has 3 rings (SSSR count). The molecule has 1 aromatic heterocycles. The zero-order chi connectivity index (χ0) is 15.0. The SMILES string of the molecule is O=C(c1ccc(Br)cc1)c1[nH]c2ccccc2c1C(=O)[O-]. The van der Waals surface area contributed by atoms with Crippen molar-refractivity contribution < 1.29 is 14.7 Å². The Labute approximate surface area is 128 Å². The molecule has 1 N–H and O–H groups in total. The van der Waals surface area contributed by atoms with E-state index in [-0.39, 0.29) is 17.0 Å². The number of carboxylic acid groups (broad SMARTS) is 1. The molecular formula is C16H9BrNO3-. The summed E-state index contributed by atoms with van der Waals surface area (Å²) in [5, 5.41) is 11.9. The minimum Gasteiger partial charge on any atom is -0.545 e. The predicted molar refractivity (Wildman–Crippen MR) is 80.2 cm³/mol. The second kappa shape index (κ2) is 5.18. The Morgan fingerprint density at radius 3 is 2.33 bits per heavy atom. The summed E-state index contributed by atoms with van der Waals surface area (Å²) in [5.41, 5.74) is 0.946. The summed E-state index contributed by atoms with van der Waals surface area (Å²) >= 11 is 3.29. The van der Waals surface area contributed by atoms with Crippen LogP contribution in [-0.2, 0) is 0 Å². The molecule has 0 fully saturated rings. The standard InChI is InChI=1S/C16H10BrNO3/c17-10-7-5-9(6-8-10)15(19)14-13(16(20)21)11-3-1-2-4-12(11)18-14/h1-8,18H,(H,20,21)/p-1. The van der Waals surface area contributed by atoms with Crippen LogP contribution in [0.15, 0.2) is 53.0 Å². The molecule has 0 aliphatic heterocycles. The summed E-state index contributed by atoms with van der Waals surface area (Å²) in [7, 11) is 0. The number of hydrogen-bond donors (Lipinski definition) is 1. The van der Waals surface area contributed by atoms with Crippen LogP contribution in [0.1, 0.15) is 26.4 Å². The predicted octanol–water partition coefficient (Wildman–Crippen LogP) is 2.52. The third-order valence-electron chi connectivity index (χ3n) is 3.24. The highest BCUT2D eigenvalue weighted by molar-refractivity contribution is 9.10. The van der Waals surface area contributed by atoms with E-state index in [0.717, 1.165) is 4.47 Å². The average molecular weight is 343 g/mol. The van der Waals surface area contributed by atoms with Crippen molar-refractivity contribution in [1.82, 2.24) is 4.98 Å². The number of para-hydroxylation sites is 1. The Hall–Kier alpha value is -2.40. The number of aromatic amines is 1. The number of H-pyrrole nitrogens is 1. The highest BCUT2D eigenvalue weighted by Gasteiger charge is 2.19. The van der Waals surface area contributed by atoms with Crippen molar-refractivity contribution in [2.45, 2.75) is 0 Å². The normalized spacial score (nSPS) is 10.7. The van der Waals surface area contributed by atoms with Crippen LogP contribution in [0.3, 0.4) is 0 Å². The first-order valence-electron chi connectivity index (χ1n) is 6.20. The minimum absolute atomic E-state index is 0.0403. The van der Waals surface area contributed by atoms with Crippen molar-refractivity contribution in [2.75, 3.05) is 0 Å². The first kappa shape index (κ1) is 13.6. The van der Waals surface area contributed by atoms with E-state index in [2.05, 4.69) is 20.9 Å². The Bertz CT molecular complexity index is 850. The molecule has 0 aliphatic carbocycles. The van der Waals surface area contributed by atoms with Crippen LogP contribution in [0.2, 0.25) is 0 Å². The molecule has 4 nitrogen and oxygen atoms in total. The van der Waals surface area contributed by atoms with Gasteiger partial charge in [-0.1, -0.05) is 34.1 Å². The number of carbonyl (C=O) groups excluding carboxylic acids is 2. The Kier molecular flexibility index (Phi) is 3.35. The summed E-state index contributed by atoms with van der Waals surface area (Å²) in [6.07, 6.45) is 0. The van der Waals surface area contributed by atoms with Gasteiger partial charge in [0, 0.05) is 26.5 Å². The number of rotatable bonds is 3. The molecular weight excluding hydrogens is 334 g/mol. The smallest absolute Gasteiger partial charge is 0.209 e. The Balaban J connectivity index is 2.19. The number of nitrogens with one attached hydrogen (secondary N) is 1. The molecule has 0 saturated carbocycles. The molecule has 3 aromatic rings. The van der Waals surface area contributed by atoms with Crippen LogP contribution >= 0.6 is 15.9 Å². The van der Waals surface area contributed by atoms with Crippen LogP contribution in [-0.4, -0.2) is 16.7 Å². The lowest BCUT2D eigenvalue weighted by Crippen LogP contribution is -2.24. The quantitative estimate of drug-likeness (QED) is 0.743. The van der Waals surface area contributed by atoms with Gasteiger partial charge in [0.1, 0.15) is 0 Å².